The fraction of sp³-hybridized carbons (Fsp3) is 0.571. The number of nitrogens with one attached hydrogen (secondary N) is 1. The Morgan fingerprint density at radius 1 is 1.22 bits per heavy atom. The number of amides is 1. The van der Waals surface area contributed by atoms with E-state index >= 15 is 0 Å². The van der Waals surface area contributed by atoms with Crippen LogP contribution in [0.25, 0.3) is 0 Å². The molecule has 2 unspecified atom stereocenters. The Bertz CT molecular complexity index is 959. The van der Waals surface area contributed by atoms with Crippen LogP contribution in [0.5, 0.6) is 0 Å². The number of hydrogen-bond donors (Lipinski definition) is 1. The van der Waals surface area contributed by atoms with Gasteiger partial charge in [0.15, 0.2) is 5.76 Å². The van der Waals surface area contributed by atoms with Gasteiger partial charge in [-0.25, -0.2) is 0 Å². The van der Waals surface area contributed by atoms with Crippen molar-refractivity contribution >= 4 is 11.7 Å². The van der Waals surface area contributed by atoms with Crippen molar-refractivity contribution in [1.82, 2.24) is 10.2 Å². The molecule has 1 aliphatic rings. The summed E-state index contributed by atoms with van der Waals surface area (Å²) in [4.78, 5) is 27.6. The smallest absolute Gasteiger partial charge is 0.416 e. The van der Waals surface area contributed by atoms with Gasteiger partial charge in [-0.15, -0.1) is 0 Å². The van der Waals surface area contributed by atoms with Crippen LogP contribution in [0.1, 0.15) is 51.2 Å². The molecule has 2 rings (SSSR count). The van der Waals surface area contributed by atoms with Crippen LogP contribution >= 0.6 is 0 Å². The molecule has 0 spiro atoms. The summed E-state index contributed by atoms with van der Waals surface area (Å²) in [6.45, 7) is 7.74. The molecule has 6 nitrogen and oxygen atoms in total. The van der Waals surface area contributed by atoms with E-state index in [2.05, 4.69) is 5.32 Å². The first-order valence-electron chi connectivity index (χ1n) is 12.9. The minimum Gasteiger partial charge on any atom is -0.485 e. The summed E-state index contributed by atoms with van der Waals surface area (Å²) in [5, 5.41) is 2.86. The Balaban J connectivity index is 2.32. The Morgan fingerprint density at radius 3 is 2.62 bits per heavy atom. The second-order valence-electron chi connectivity index (χ2n) is 9.16. The number of hydrogen-bond acceptors (Lipinski definition) is 5. The van der Waals surface area contributed by atoms with Crippen LogP contribution in [0.3, 0.4) is 0 Å². The number of carbonyl (C=O) groups excluding carboxylic acids is 2. The van der Waals surface area contributed by atoms with E-state index in [0.29, 0.717) is 63.2 Å². The molecule has 1 aliphatic carbocycles. The van der Waals surface area contributed by atoms with Crippen LogP contribution < -0.4 is 5.32 Å². The summed E-state index contributed by atoms with van der Waals surface area (Å²) in [6.07, 6.45) is 1.28. The molecule has 0 fully saturated rings. The molecule has 1 N–H and O–H groups in total. The molecule has 9 heteroatoms. The average molecular weight is 525 g/mol. The zero-order valence-corrected chi connectivity index (χ0v) is 22.2. The molecule has 0 heterocycles. The third kappa shape index (κ3) is 9.22. The van der Waals surface area contributed by atoms with E-state index in [4.69, 9.17) is 9.47 Å². The van der Waals surface area contributed by atoms with Crippen LogP contribution in [0, 0.1) is 11.8 Å². The molecule has 0 aromatic heterocycles. The van der Waals surface area contributed by atoms with Gasteiger partial charge < -0.3 is 19.7 Å². The fourth-order valence-electron chi connectivity index (χ4n) is 4.35. The average Bonchev–Trinajstić information content (AvgIpc) is 2.87. The number of alkyl halides is 3. The van der Waals surface area contributed by atoms with Crippen LogP contribution in [0.4, 0.5) is 13.2 Å². The highest BCUT2D eigenvalue weighted by atomic mass is 19.4. The second-order valence-corrected chi connectivity index (χ2v) is 9.16. The minimum atomic E-state index is -4.41. The van der Waals surface area contributed by atoms with Gasteiger partial charge in [-0.2, -0.15) is 13.2 Å². The first-order chi connectivity index (χ1) is 17.6. The monoisotopic (exact) mass is 524 g/mol. The fourth-order valence-corrected chi connectivity index (χ4v) is 4.35. The van der Waals surface area contributed by atoms with Gasteiger partial charge in [0.1, 0.15) is 6.61 Å². The van der Waals surface area contributed by atoms with E-state index in [9.17, 15) is 22.8 Å². The predicted octanol–water partition coefficient (Wildman–Crippen LogP) is 5.14. The van der Waals surface area contributed by atoms with Crippen molar-refractivity contribution in [3.8, 4) is 0 Å². The quantitative estimate of drug-likeness (QED) is 0.362. The maximum Gasteiger partial charge on any atom is 0.416 e. The van der Waals surface area contributed by atoms with Gasteiger partial charge in [0.25, 0.3) is 0 Å². The first-order valence-corrected chi connectivity index (χ1v) is 12.9. The van der Waals surface area contributed by atoms with Crippen molar-refractivity contribution in [2.45, 2.75) is 52.6 Å². The number of nitrogens with zero attached hydrogens (tertiary/aromatic N) is 1. The molecule has 1 aromatic rings. The predicted molar refractivity (Wildman–Crippen MR) is 137 cm³/mol. The van der Waals surface area contributed by atoms with Gasteiger partial charge in [-0.1, -0.05) is 38.1 Å². The summed E-state index contributed by atoms with van der Waals surface area (Å²) in [5.74, 6) is -0.417. The number of carbonyl (C=O) groups is 2. The summed E-state index contributed by atoms with van der Waals surface area (Å²) >= 11 is 0. The maximum atomic E-state index is 13.9. The number of halogens is 3. The Labute approximate surface area is 217 Å². The molecular weight excluding hydrogens is 485 g/mol. The molecule has 37 heavy (non-hydrogen) atoms. The van der Waals surface area contributed by atoms with Crippen LogP contribution in [0.2, 0.25) is 0 Å². The number of likely N-dealkylation sites (N-methyl/N-ethyl adjacent to an activating group) is 1. The molecular formula is C28H39F3N2O4. The number of rotatable bonds is 13. The molecule has 0 saturated heterocycles. The van der Waals surface area contributed by atoms with Gasteiger partial charge in [-0.05, 0) is 49.8 Å². The normalized spacial score (nSPS) is 18.4. The summed E-state index contributed by atoms with van der Waals surface area (Å²) in [6, 6.07) is 5.27. The molecule has 206 valence electrons. The van der Waals surface area contributed by atoms with E-state index in [-0.39, 0.29) is 30.0 Å². The lowest BCUT2D eigenvalue weighted by Gasteiger charge is -2.31. The molecule has 1 aromatic carbocycles. The number of benzene rings is 1. The van der Waals surface area contributed by atoms with Gasteiger partial charge in [0.05, 0.1) is 17.9 Å². The van der Waals surface area contributed by atoms with E-state index < -0.39 is 17.7 Å². The molecule has 2 atom stereocenters. The van der Waals surface area contributed by atoms with Crippen LogP contribution in [-0.2, 0) is 31.7 Å². The Kier molecular flexibility index (Phi) is 12.2. The highest BCUT2D eigenvalue weighted by molar-refractivity contribution is 5.96. The Morgan fingerprint density at radius 2 is 1.97 bits per heavy atom. The van der Waals surface area contributed by atoms with Gasteiger partial charge in [0, 0.05) is 39.1 Å². The lowest BCUT2D eigenvalue weighted by Crippen LogP contribution is -2.36. The van der Waals surface area contributed by atoms with E-state index in [0.717, 1.165) is 12.1 Å². The molecule has 0 bridgehead atoms. The van der Waals surface area contributed by atoms with Crippen molar-refractivity contribution < 1.29 is 32.2 Å². The van der Waals surface area contributed by atoms with Crippen molar-refractivity contribution in [3.05, 3.63) is 59.0 Å². The van der Waals surface area contributed by atoms with Gasteiger partial charge in [-0.3, -0.25) is 9.59 Å². The zero-order chi connectivity index (χ0) is 27.4. The molecule has 0 radical (unpaired) electrons. The highest BCUT2D eigenvalue weighted by Gasteiger charge is 2.33. The molecule has 1 amide bonds. The Hall–Kier alpha value is -2.81. The number of allylic oxidation sites excluding steroid dienone is 3. The van der Waals surface area contributed by atoms with Crippen LogP contribution in [-0.4, -0.2) is 56.5 Å². The summed E-state index contributed by atoms with van der Waals surface area (Å²) in [7, 11) is 1.55. The van der Waals surface area contributed by atoms with E-state index in [1.807, 2.05) is 30.9 Å². The lowest BCUT2D eigenvalue weighted by molar-refractivity contribution is -0.137. The number of ketones is 1. The van der Waals surface area contributed by atoms with Gasteiger partial charge in [0.2, 0.25) is 11.7 Å². The number of Topliss-reactive ketones (excluding diaryl/α,β-unsaturated/α-hetero) is 1. The first kappa shape index (κ1) is 30.4. The largest absolute Gasteiger partial charge is 0.485 e. The SMILES string of the molecule is CCC(=O)NCCN(CC)C1=C(OCCOC)C(=O)C(CCc2cccc(C(F)(F)F)c2)C(C)CC=C1. The maximum absolute atomic E-state index is 13.9. The minimum absolute atomic E-state index is 0.0176. The van der Waals surface area contributed by atoms with Crippen LogP contribution in [0.15, 0.2) is 47.9 Å². The highest BCUT2D eigenvalue weighted by Crippen LogP contribution is 2.33. The van der Waals surface area contributed by atoms with Crippen molar-refractivity contribution in [2.24, 2.45) is 11.8 Å². The van der Waals surface area contributed by atoms with E-state index in [1.54, 1.807) is 20.1 Å². The summed E-state index contributed by atoms with van der Waals surface area (Å²) in [5.41, 5.74) is 0.496. The standard InChI is InChI=1S/C28H39F3N2O4/c1-5-25(34)32-15-16-33(6-2)24-12-7-9-20(3)23(26(35)27(24)37-18-17-36-4)14-13-21-10-8-11-22(19-21)28(29,30)31/h7-8,10-12,19-20,23H,5-6,9,13-18H2,1-4H3,(H,32,34). The van der Waals surface area contributed by atoms with Gasteiger partial charge >= 0.3 is 6.18 Å². The topological polar surface area (TPSA) is 67.9 Å². The number of aryl methyl sites for hydroxylation is 1. The third-order valence-corrected chi connectivity index (χ3v) is 6.54. The van der Waals surface area contributed by atoms with Crippen molar-refractivity contribution in [1.29, 1.82) is 0 Å². The van der Waals surface area contributed by atoms with E-state index in [1.165, 1.54) is 6.07 Å². The van der Waals surface area contributed by atoms with Crippen molar-refractivity contribution in [2.75, 3.05) is 40.0 Å². The zero-order valence-electron chi connectivity index (χ0n) is 22.2. The third-order valence-electron chi connectivity index (χ3n) is 6.54. The lowest BCUT2D eigenvalue weighted by atomic mass is 9.81. The van der Waals surface area contributed by atoms with Crippen molar-refractivity contribution in [3.63, 3.8) is 0 Å². The molecule has 0 aliphatic heterocycles. The summed E-state index contributed by atoms with van der Waals surface area (Å²) < 4.78 is 50.6. The number of methoxy groups -OCH3 is 1. The second kappa shape index (κ2) is 14.8. The number of ether oxygens (including phenoxy) is 2. The molecule has 0 saturated carbocycles.